The van der Waals surface area contributed by atoms with E-state index in [2.05, 4.69) is 17.1 Å². The van der Waals surface area contributed by atoms with E-state index in [9.17, 15) is 13.2 Å². The highest BCUT2D eigenvalue weighted by molar-refractivity contribution is 5.74. The van der Waals surface area contributed by atoms with Crippen LogP contribution in [0.25, 0.3) is 0 Å². The predicted molar refractivity (Wildman–Crippen MR) is 69.5 cm³/mol. The second-order valence-electron chi connectivity index (χ2n) is 5.59. The van der Waals surface area contributed by atoms with Crippen molar-refractivity contribution in [3.05, 3.63) is 23.8 Å². The van der Waals surface area contributed by atoms with Crippen LogP contribution in [0.5, 0.6) is 0 Å². The molecule has 2 heterocycles. The minimum absolute atomic E-state index is 0.410. The Bertz CT molecular complexity index is 484. The van der Waals surface area contributed by atoms with Crippen molar-refractivity contribution < 1.29 is 13.2 Å². The summed E-state index contributed by atoms with van der Waals surface area (Å²) in [6, 6.07) is 4.42. The summed E-state index contributed by atoms with van der Waals surface area (Å²) in [5, 5.41) is 3.15. The molecule has 2 unspecified atom stereocenters. The summed E-state index contributed by atoms with van der Waals surface area (Å²) < 4.78 is 38.1. The number of nitrogens with one attached hydrogen (secondary N) is 1. The van der Waals surface area contributed by atoms with Gasteiger partial charge in [0, 0.05) is 19.1 Å². The number of hydrogen-bond acceptors (Lipinski definition) is 2. The Labute approximate surface area is 110 Å². The molecule has 1 aromatic rings. The van der Waals surface area contributed by atoms with Crippen molar-refractivity contribution in [3.8, 4) is 0 Å². The molecule has 3 rings (SSSR count). The van der Waals surface area contributed by atoms with Gasteiger partial charge in [0.05, 0.1) is 16.9 Å². The molecule has 1 aromatic carbocycles. The molecule has 0 radical (unpaired) electrons. The molecule has 104 valence electrons. The molecule has 0 aromatic heterocycles. The van der Waals surface area contributed by atoms with Gasteiger partial charge in [-0.15, -0.1) is 0 Å². The number of alkyl halides is 3. The Hall–Kier alpha value is -1.39. The van der Waals surface area contributed by atoms with Crippen molar-refractivity contribution in [2.24, 2.45) is 5.92 Å². The van der Waals surface area contributed by atoms with Crippen molar-refractivity contribution in [1.82, 2.24) is 0 Å². The third kappa shape index (κ3) is 2.26. The molecule has 2 aliphatic rings. The number of anilines is 2. The van der Waals surface area contributed by atoms with Crippen LogP contribution < -0.4 is 10.2 Å². The fourth-order valence-corrected chi connectivity index (χ4v) is 3.09. The van der Waals surface area contributed by atoms with Crippen molar-refractivity contribution in [2.45, 2.75) is 32.0 Å². The zero-order chi connectivity index (χ0) is 13.6. The van der Waals surface area contributed by atoms with Gasteiger partial charge in [-0.1, -0.05) is 6.92 Å². The third-order valence-corrected chi connectivity index (χ3v) is 4.14. The van der Waals surface area contributed by atoms with E-state index in [4.69, 9.17) is 0 Å². The fraction of sp³-hybridized carbons (Fsp3) is 0.571. The number of fused-ring (bicyclic) bond motifs is 3. The summed E-state index contributed by atoms with van der Waals surface area (Å²) in [5.41, 5.74) is 0.944. The van der Waals surface area contributed by atoms with Gasteiger partial charge in [-0.2, -0.15) is 13.2 Å². The van der Waals surface area contributed by atoms with Crippen LogP contribution in [0.2, 0.25) is 0 Å². The molecule has 0 spiro atoms. The van der Waals surface area contributed by atoms with Crippen LogP contribution >= 0.6 is 0 Å². The van der Waals surface area contributed by atoms with Crippen molar-refractivity contribution in [1.29, 1.82) is 0 Å². The van der Waals surface area contributed by atoms with E-state index in [-0.39, 0.29) is 0 Å². The van der Waals surface area contributed by atoms with Gasteiger partial charge in [-0.25, -0.2) is 0 Å². The van der Waals surface area contributed by atoms with Crippen LogP contribution in [-0.2, 0) is 6.18 Å². The van der Waals surface area contributed by atoms with Gasteiger partial charge in [0.15, 0.2) is 0 Å². The maximum absolute atomic E-state index is 12.7. The zero-order valence-electron chi connectivity index (χ0n) is 10.8. The minimum atomic E-state index is -4.27. The van der Waals surface area contributed by atoms with Crippen LogP contribution in [-0.4, -0.2) is 19.1 Å². The molecule has 2 nitrogen and oxygen atoms in total. The molecular formula is C14H17F3N2. The summed E-state index contributed by atoms with van der Waals surface area (Å²) in [6.07, 6.45) is -2.06. The Balaban J connectivity index is 1.93. The molecule has 0 amide bonds. The predicted octanol–water partition coefficient (Wildman–Crippen LogP) is 3.74. The Kier molecular flexibility index (Phi) is 2.87. The first kappa shape index (κ1) is 12.6. The molecule has 1 N–H and O–H groups in total. The molecule has 2 aliphatic heterocycles. The van der Waals surface area contributed by atoms with E-state index in [1.165, 1.54) is 12.1 Å². The van der Waals surface area contributed by atoms with Crippen molar-refractivity contribution >= 4 is 11.4 Å². The smallest absolute Gasteiger partial charge is 0.381 e. The molecular weight excluding hydrogens is 253 g/mol. The van der Waals surface area contributed by atoms with E-state index in [0.717, 1.165) is 31.6 Å². The van der Waals surface area contributed by atoms with E-state index in [1.54, 1.807) is 6.07 Å². The molecule has 1 fully saturated rings. The molecule has 19 heavy (non-hydrogen) atoms. The quantitative estimate of drug-likeness (QED) is 0.772. The van der Waals surface area contributed by atoms with Crippen molar-refractivity contribution in [2.75, 3.05) is 23.3 Å². The number of hydrogen-bond donors (Lipinski definition) is 1. The largest absolute Gasteiger partial charge is 0.416 e. The fourth-order valence-electron chi connectivity index (χ4n) is 3.09. The van der Waals surface area contributed by atoms with Crippen LogP contribution in [0.3, 0.4) is 0 Å². The highest BCUT2D eigenvalue weighted by atomic mass is 19.4. The average molecular weight is 270 g/mol. The van der Waals surface area contributed by atoms with Crippen LogP contribution in [0.4, 0.5) is 24.5 Å². The molecule has 0 aliphatic carbocycles. The number of nitrogens with zero attached hydrogens (tertiary/aromatic N) is 1. The molecule has 0 saturated carbocycles. The van der Waals surface area contributed by atoms with Gasteiger partial charge in [-0.3, -0.25) is 0 Å². The lowest BCUT2D eigenvalue weighted by atomic mass is 9.90. The van der Waals surface area contributed by atoms with Gasteiger partial charge in [0.1, 0.15) is 0 Å². The van der Waals surface area contributed by atoms with Crippen LogP contribution in [0, 0.1) is 5.92 Å². The number of halogens is 3. The van der Waals surface area contributed by atoms with Gasteiger partial charge in [0.25, 0.3) is 0 Å². The molecule has 1 saturated heterocycles. The molecule has 0 bridgehead atoms. The highest BCUT2D eigenvalue weighted by Crippen LogP contribution is 2.40. The first-order chi connectivity index (χ1) is 8.95. The lowest BCUT2D eigenvalue weighted by Crippen LogP contribution is -2.48. The van der Waals surface area contributed by atoms with E-state index >= 15 is 0 Å². The van der Waals surface area contributed by atoms with E-state index in [1.807, 2.05) is 0 Å². The molecule has 5 heteroatoms. The average Bonchev–Trinajstić information content (AvgIpc) is 2.36. The SMILES string of the molecule is CC1CCN2c3ccc(C(F)(F)F)cc3NCC2C1. The minimum Gasteiger partial charge on any atom is -0.381 e. The number of benzene rings is 1. The first-order valence-electron chi connectivity index (χ1n) is 6.67. The maximum atomic E-state index is 12.7. The second-order valence-corrected chi connectivity index (χ2v) is 5.59. The summed E-state index contributed by atoms with van der Waals surface area (Å²) >= 11 is 0. The van der Waals surface area contributed by atoms with Crippen molar-refractivity contribution in [3.63, 3.8) is 0 Å². The maximum Gasteiger partial charge on any atom is 0.416 e. The topological polar surface area (TPSA) is 15.3 Å². The van der Waals surface area contributed by atoms with Crippen LogP contribution in [0.15, 0.2) is 18.2 Å². The Morgan fingerprint density at radius 1 is 1.32 bits per heavy atom. The standard InChI is InChI=1S/C14H17F3N2/c1-9-4-5-19-11(6-9)8-18-12-7-10(14(15,16)17)2-3-13(12)19/h2-3,7,9,11,18H,4-6,8H2,1H3. The third-order valence-electron chi connectivity index (χ3n) is 4.14. The summed E-state index contributed by atoms with van der Waals surface area (Å²) in [7, 11) is 0. The zero-order valence-corrected chi connectivity index (χ0v) is 10.8. The lowest BCUT2D eigenvalue weighted by Gasteiger charge is -2.44. The molecule has 2 atom stereocenters. The summed E-state index contributed by atoms with van der Waals surface area (Å²) in [5.74, 6) is 0.694. The Morgan fingerprint density at radius 2 is 2.11 bits per heavy atom. The first-order valence-corrected chi connectivity index (χ1v) is 6.67. The van der Waals surface area contributed by atoms with E-state index < -0.39 is 11.7 Å². The van der Waals surface area contributed by atoms with Gasteiger partial charge in [-0.05, 0) is 37.0 Å². The lowest BCUT2D eigenvalue weighted by molar-refractivity contribution is -0.137. The highest BCUT2D eigenvalue weighted by Gasteiger charge is 2.35. The number of rotatable bonds is 0. The van der Waals surface area contributed by atoms with Gasteiger partial charge >= 0.3 is 6.18 Å². The summed E-state index contributed by atoms with van der Waals surface area (Å²) in [6.45, 7) is 3.91. The van der Waals surface area contributed by atoms with Crippen LogP contribution in [0.1, 0.15) is 25.3 Å². The normalized spacial score (nSPS) is 26.4. The second kappa shape index (κ2) is 4.32. The summed E-state index contributed by atoms with van der Waals surface area (Å²) in [4.78, 5) is 2.26. The number of piperidine rings is 1. The van der Waals surface area contributed by atoms with Gasteiger partial charge in [0.2, 0.25) is 0 Å². The Morgan fingerprint density at radius 3 is 2.84 bits per heavy atom. The van der Waals surface area contributed by atoms with Gasteiger partial charge < -0.3 is 10.2 Å². The van der Waals surface area contributed by atoms with E-state index in [0.29, 0.717) is 17.6 Å². The monoisotopic (exact) mass is 270 g/mol.